The standard InChI is InChI=1S/C10H15.3CH4O.2ClH.Hf/c1-7-6-10(4,5)9(3)8(7)2;3*1-2;;;/h1-5H3;3*2H,1H3;2*1H;/q-1;;;;;;. The quantitative estimate of drug-likeness (QED) is 0.368. The molecule has 0 spiro atoms. The van der Waals surface area contributed by atoms with Gasteiger partial charge in [-0.2, -0.15) is 11.1 Å². The molecular weight excluding hydrogens is 454 g/mol. The SMILES string of the molecule is CC1=[C-]C(C)(C)C(C)=C1C.CO.CO.CO.Cl.Cl.[Hf]. The van der Waals surface area contributed by atoms with Gasteiger partial charge in [-0.1, -0.05) is 33.1 Å². The summed E-state index contributed by atoms with van der Waals surface area (Å²) >= 11 is 0. The van der Waals surface area contributed by atoms with Crippen molar-refractivity contribution < 1.29 is 41.2 Å². The Balaban J connectivity index is -0.0000000418. The van der Waals surface area contributed by atoms with Gasteiger partial charge in [0, 0.05) is 47.2 Å². The van der Waals surface area contributed by atoms with Gasteiger partial charge in [0.2, 0.25) is 0 Å². The summed E-state index contributed by atoms with van der Waals surface area (Å²) in [6.45, 7) is 10.9. The first-order valence-electron chi connectivity index (χ1n) is 5.09. The molecule has 0 bridgehead atoms. The number of aliphatic hydroxyl groups excluding tert-OH is 3. The van der Waals surface area contributed by atoms with E-state index in [9.17, 15) is 0 Å². The first-order chi connectivity index (χ1) is 7.45. The van der Waals surface area contributed by atoms with Gasteiger partial charge in [-0.15, -0.1) is 31.7 Å². The van der Waals surface area contributed by atoms with Crippen LogP contribution < -0.4 is 0 Å². The second-order valence-corrected chi connectivity index (χ2v) is 3.62. The van der Waals surface area contributed by atoms with Crippen molar-refractivity contribution in [3.8, 4) is 0 Å². The van der Waals surface area contributed by atoms with Crippen LogP contribution in [0.3, 0.4) is 0 Å². The van der Waals surface area contributed by atoms with Crippen LogP contribution in [0.1, 0.15) is 34.6 Å². The van der Waals surface area contributed by atoms with Gasteiger partial charge in [0.15, 0.2) is 0 Å². The molecule has 0 aromatic heterocycles. The van der Waals surface area contributed by atoms with E-state index in [-0.39, 0.29) is 56.1 Å². The van der Waals surface area contributed by atoms with Crippen molar-refractivity contribution in [1.29, 1.82) is 0 Å². The van der Waals surface area contributed by atoms with Crippen LogP contribution in [0.4, 0.5) is 0 Å². The topological polar surface area (TPSA) is 60.7 Å². The van der Waals surface area contributed by atoms with Gasteiger partial charge in [-0.3, -0.25) is 6.08 Å². The van der Waals surface area contributed by atoms with Crippen LogP contribution >= 0.6 is 24.8 Å². The van der Waals surface area contributed by atoms with Crippen LogP contribution in [-0.2, 0) is 25.8 Å². The first-order valence-corrected chi connectivity index (χ1v) is 5.09. The maximum absolute atomic E-state index is 7.00. The van der Waals surface area contributed by atoms with Crippen LogP contribution in [-0.4, -0.2) is 36.6 Å². The molecule has 3 nitrogen and oxygen atoms in total. The summed E-state index contributed by atoms with van der Waals surface area (Å²) in [7, 11) is 3.00. The number of hydrogen-bond acceptors (Lipinski definition) is 3. The van der Waals surface area contributed by atoms with Crippen molar-refractivity contribution in [1.82, 2.24) is 0 Å². The molecule has 0 aromatic rings. The van der Waals surface area contributed by atoms with Crippen LogP contribution in [0, 0.1) is 11.5 Å². The summed E-state index contributed by atoms with van der Waals surface area (Å²) in [5.41, 5.74) is 4.39. The molecule has 0 atom stereocenters. The van der Waals surface area contributed by atoms with Gasteiger partial charge in [-0.05, 0) is 0 Å². The average molecular weight is 483 g/mol. The van der Waals surface area contributed by atoms with E-state index in [2.05, 4.69) is 40.7 Å². The molecule has 0 aromatic carbocycles. The Morgan fingerprint density at radius 2 is 1.05 bits per heavy atom. The number of rotatable bonds is 0. The van der Waals surface area contributed by atoms with Crippen LogP contribution in [0.2, 0.25) is 0 Å². The normalized spacial score (nSPS) is 13.3. The van der Waals surface area contributed by atoms with Crippen molar-refractivity contribution in [2.45, 2.75) is 34.6 Å². The zero-order valence-electron chi connectivity index (χ0n) is 13.2. The zero-order chi connectivity index (χ0) is 13.9. The maximum atomic E-state index is 7.00. The second-order valence-electron chi connectivity index (χ2n) is 3.62. The largest absolute Gasteiger partial charge is 0.400 e. The summed E-state index contributed by atoms with van der Waals surface area (Å²) in [5, 5.41) is 21.0. The molecule has 0 fully saturated rings. The van der Waals surface area contributed by atoms with Crippen molar-refractivity contribution in [3.05, 3.63) is 22.8 Å². The van der Waals surface area contributed by atoms with Gasteiger partial charge in [0.1, 0.15) is 0 Å². The maximum Gasteiger partial charge on any atom is 0.0319 e. The Morgan fingerprint density at radius 3 is 1.11 bits per heavy atom. The summed E-state index contributed by atoms with van der Waals surface area (Å²) in [4.78, 5) is 0. The minimum atomic E-state index is 0. The van der Waals surface area contributed by atoms with Gasteiger partial charge in [0.05, 0.1) is 0 Å². The Bertz CT molecular complexity index is 240. The third-order valence-electron chi connectivity index (χ3n) is 2.56. The molecule has 0 saturated heterocycles. The van der Waals surface area contributed by atoms with E-state index in [0.717, 1.165) is 21.3 Å². The van der Waals surface area contributed by atoms with Crippen molar-refractivity contribution in [2.24, 2.45) is 5.41 Å². The average Bonchev–Trinajstić information content (AvgIpc) is 2.50. The molecule has 3 N–H and O–H groups in total. The van der Waals surface area contributed by atoms with E-state index in [1.165, 1.54) is 16.7 Å². The summed E-state index contributed by atoms with van der Waals surface area (Å²) in [6, 6.07) is 0. The Morgan fingerprint density at radius 1 is 0.789 bits per heavy atom. The fourth-order valence-corrected chi connectivity index (χ4v) is 1.41. The molecule has 0 aliphatic heterocycles. The Labute approximate surface area is 149 Å². The third kappa shape index (κ3) is 13.5. The summed E-state index contributed by atoms with van der Waals surface area (Å²) < 4.78 is 0. The molecule has 6 heteroatoms. The molecule has 0 radical (unpaired) electrons. The predicted octanol–water partition coefficient (Wildman–Crippen LogP) is 2.78. The van der Waals surface area contributed by atoms with E-state index < -0.39 is 0 Å². The molecule has 0 heterocycles. The van der Waals surface area contributed by atoms with Crippen LogP contribution in [0.5, 0.6) is 0 Å². The fourth-order valence-electron chi connectivity index (χ4n) is 1.41. The van der Waals surface area contributed by atoms with Crippen LogP contribution in [0.25, 0.3) is 0 Å². The summed E-state index contributed by atoms with van der Waals surface area (Å²) in [6.07, 6.45) is 3.44. The number of allylic oxidation sites excluding steroid dienone is 4. The van der Waals surface area contributed by atoms with E-state index in [0.29, 0.717) is 0 Å². The predicted molar refractivity (Wildman–Crippen MR) is 83.5 cm³/mol. The zero-order valence-corrected chi connectivity index (χ0v) is 18.4. The van der Waals surface area contributed by atoms with Crippen LogP contribution in [0.15, 0.2) is 16.7 Å². The fraction of sp³-hybridized carbons (Fsp3) is 0.692. The molecule has 1 aliphatic carbocycles. The first kappa shape index (κ1) is 36.8. The van der Waals surface area contributed by atoms with Gasteiger partial charge in [0.25, 0.3) is 0 Å². The minimum Gasteiger partial charge on any atom is -0.400 e. The smallest absolute Gasteiger partial charge is 0.0319 e. The minimum absolute atomic E-state index is 0. The molecule has 0 unspecified atom stereocenters. The summed E-state index contributed by atoms with van der Waals surface area (Å²) in [5.74, 6) is 0. The number of aliphatic hydroxyl groups is 3. The van der Waals surface area contributed by atoms with Gasteiger partial charge >= 0.3 is 0 Å². The molecule has 0 amide bonds. The van der Waals surface area contributed by atoms with E-state index in [4.69, 9.17) is 15.3 Å². The Hall–Kier alpha value is 0.810. The van der Waals surface area contributed by atoms with Crippen molar-refractivity contribution >= 4 is 24.8 Å². The van der Waals surface area contributed by atoms with Crippen molar-refractivity contribution in [3.63, 3.8) is 0 Å². The van der Waals surface area contributed by atoms with E-state index >= 15 is 0 Å². The molecule has 118 valence electrons. The monoisotopic (exact) mass is 483 g/mol. The molecule has 1 aliphatic rings. The van der Waals surface area contributed by atoms with E-state index in [1.807, 2.05) is 0 Å². The van der Waals surface area contributed by atoms with Crippen molar-refractivity contribution in [2.75, 3.05) is 21.3 Å². The second kappa shape index (κ2) is 21.1. The molecule has 0 saturated carbocycles. The number of halogens is 2. The molecular formula is C13H29Cl2HfO3-. The van der Waals surface area contributed by atoms with Gasteiger partial charge < -0.3 is 15.3 Å². The molecule has 19 heavy (non-hydrogen) atoms. The molecule has 1 rings (SSSR count). The van der Waals surface area contributed by atoms with E-state index in [1.54, 1.807) is 0 Å². The van der Waals surface area contributed by atoms with Gasteiger partial charge in [-0.25, -0.2) is 5.57 Å². The Kier molecular flexibility index (Phi) is 40.8. The number of hydrogen-bond donors (Lipinski definition) is 3. The third-order valence-corrected chi connectivity index (χ3v) is 2.56.